The van der Waals surface area contributed by atoms with Crippen molar-refractivity contribution in [2.75, 3.05) is 20.8 Å². The lowest BCUT2D eigenvalue weighted by Crippen LogP contribution is -2.28. The fourth-order valence-corrected chi connectivity index (χ4v) is 4.84. The number of amides is 1. The molecule has 0 aromatic heterocycles. The number of rotatable bonds is 9. The number of nitrogens with zero attached hydrogens (tertiary/aromatic N) is 3. The highest BCUT2D eigenvalue weighted by molar-refractivity contribution is 8.18. The second kappa shape index (κ2) is 12.3. The highest BCUT2D eigenvalue weighted by Crippen LogP contribution is 2.39. The van der Waals surface area contributed by atoms with E-state index in [0.29, 0.717) is 28.7 Å². The number of aliphatic imine (C=N–C) groups is 1. The molecule has 11 heteroatoms. The maximum Gasteiger partial charge on any atom is 0.337 e. The second-order valence-electron chi connectivity index (χ2n) is 8.19. The third-order valence-electron chi connectivity index (χ3n) is 5.73. The van der Waals surface area contributed by atoms with Gasteiger partial charge in [0.25, 0.3) is 11.6 Å². The molecule has 0 saturated carbocycles. The molecule has 0 aliphatic carbocycles. The minimum absolute atomic E-state index is 0.185. The number of nitro groups is 1. The van der Waals surface area contributed by atoms with E-state index in [4.69, 9.17) is 14.2 Å². The third-order valence-corrected chi connectivity index (χ3v) is 6.74. The van der Waals surface area contributed by atoms with E-state index in [1.54, 1.807) is 31.2 Å². The number of amidine groups is 1. The third kappa shape index (κ3) is 6.27. The molecular formula is C28H25N3O7S. The van der Waals surface area contributed by atoms with Gasteiger partial charge in [-0.2, -0.15) is 0 Å². The monoisotopic (exact) mass is 547 g/mol. The summed E-state index contributed by atoms with van der Waals surface area (Å²) in [5.74, 6) is -0.344. The Labute approximate surface area is 229 Å². The Morgan fingerprint density at radius 2 is 1.85 bits per heavy atom. The van der Waals surface area contributed by atoms with E-state index in [0.717, 1.165) is 17.3 Å². The van der Waals surface area contributed by atoms with Crippen LogP contribution >= 0.6 is 11.8 Å². The molecule has 200 valence electrons. The fraction of sp³-hybridized carbons (Fsp3) is 0.179. The van der Waals surface area contributed by atoms with E-state index in [9.17, 15) is 19.7 Å². The van der Waals surface area contributed by atoms with Crippen LogP contribution in [-0.2, 0) is 16.1 Å². The van der Waals surface area contributed by atoms with Crippen LogP contribution in [0.3, 0.4) is 0 Å². The first-order chi connectivity index (χ1) is 18.8. The van der Waals surface area contributed by atoms with Gasteiger partial charge in [0.2, 0.25) is 0 Å². The van der Waals surface area contributed by atoms with Crippen molar-refractivity contribution in [3.63, 3.8) is 0 Å². The summed E-state index contributed by atoms with van der Waals surface area (Å²) in [5.41, 5.74) is 1.62. The number of thioether (sulfide) groups is 1. The summed E-state index contributed by atoms with van der Waals surface area (Å²) in [7, 11) is 2.73. The predicted octanol–water partition coefficient (Wildman–Crippen LogP) is 5.59. The van der Waals surface area contributed by atoms with Crippen LogP contribution < -0.4 is 9.47 Å². The van der Waals surface area contributed by atoms with Crippen LogP contribution in [0.5, 0.6) is 11.5 Å². The zero-order chi connectivity index (χ0) is 27.9. The molecule has 0 unspecified atom stereocenters. The normalized spacial score (nSPS) is 15.1. The van der Waals surface area contributed by atoms with Crippen LogP contribution in [0.15, 0.2) is 76.6 Å². The molecule has 3 aromatic carbocycles. The molecular weight excluding hydrogens is 522 g/mol. The van der Waals surface area contributed by atoms with E-state index in [-0.39, 0.29) is 34.4 Å². The number of benzene rings is 3. The molecule has 1 aliphatic rings. The van der Waals surface area contributed by atoms with Crippen molar-refractivity contribution in [2.24, 2.45) is 4.99 Å². The smallest absolute Gasteiger partial charge is 0.337 e. The Bertz CT molecular complexity index is 1470. The molecule has 0 N–H and O–H groups in total. The molecule has 1 saturated heterocycles. The second-order valence-corrected chi connectivity index (χ2v) is 9.20. The summed E-state index contributed by atoms with van der Waals surface area (Å²) in [4.78, 5) is 42.7. The Kier molecular flexibility index (Phi) is 8.62. The number of hydrogen-bond acceptors (Lipinski definition) is 9. The Morgan fingerprint density at radius 3 is 2.51 bits per heavy atom. The molecule has 0 spiro atoms. The molecule has 39 heavy (non-hydrogen) atoms. The first-order valence-corrected chi connectivity index (χ1v) is 12.7. The van der Waals surface area contributed by atoms with Crippen molar-refractivity contribution in [3.05, 3.63) is 98.4 Å². The zero-order valence-corrected chi connectivity index (χ0v) is 22.3. The summed E-state index contributed by atoms with van der Waals surface area (Å²) in [6.45, 7) is 2.33. The van der Waals surface area contributed by atoms with Gasteiger partial charge in [-0.1, -0.05) is 36.4 Å². The maximum absolute atomic E-state index is 13.2. The molecule has 0 radical (unpaired) electrons. The molecule has 10 nitrogen and oxygen atoms in total. The lowest BCUT2D eigenvalue weighted by molar-refractivity contribution is -0.385. The van der Waals surface area contributed by atoms with Gasteiger partial charge in [-0.3, -0.25) is 19.8 Å². The van der Waals surface area contributed by atoms with Crippen molar-refractivity contribution >= 4 is 46.3 Å². The SMILES string of the molecule is CCN1C(=O)C(=Cc2cc(OC)c(OCc3ccccc3)cc2[N+](=O)[O-])SC1=Nc1cccc(C(=O)OC)c1. The van der Waals surface area contributed by atoms with Crippen molar-refractivity contribution in [3.8, 4) is 11.5 Å². The molecule has 4 rings (SSSR count). The van der Waals surface area contributed by atoms with Crippen LogP contribution in [-0.4, -0.2) is 47.6 Å². The van der Waals surface area contributed by atoms with Crippen molar-refractivity contribution in [1.82, 2.24) is 4.90 Å². The molecule has 1 heterocycles. The van der Waals surface area contributed by atoms with E-state index >= 15 is 0 Å². The molecule has 3 aromatic rings. The first kappa shape index (κ1) is 27.4. The van der Waals surface area contributed by atoms with Gasteiger partial charge in [-0.15, -0.1) is 0 Å². The standard InChI is InChI=1S/C28H25N3O7S/c1-4-30-26(32)25(39-28(30)29-21-12-8-11-19(13-21)27(33)37-3)15-20-14-23(36-2)24(16-22(20)31(34)35)38-17-18-9-6-5-7-10-18/h5-16H,4,17H2,1-3H3. The number of methoxy groups -OCH3 is 2. The van der Waals surface area contributed by atoms with Gasteiger partial charge < -0.3 is 14.2 Å². The topological polar surface area (TPSA) is 121 Å². The number of nitro benzene ring substituents is 1. The van der Waals surface area contributed by atoms with E-state index < -0.39 is 10.9 Å². The number of likely N-dealkylation sites (N-methyl/N-ethyl adjacent to an activating group) is 1. The van der Waals surface area contributed by atoms with E-state index in [2.05, 4.69) is 4.99 Å². The summed E-state index contributed by atoms with van der Waals surface area (Å²) in [6.07, 6.45) is 1.45. The molecule has 0 atom stereocenters. The average Bonchev–Trinajstić information content (AvgIpc) is 3.24. The largest absolute Gasteiger partial charge is 0.493 e. The molecule has 1 amide bonds. The number of carbonyl (C=O) groups excluding carboxylic acids is 2. The summed E-state index contributed by atoms with van der Waals surface area (Å²) >= 11 is 1.08. The fourth-order valence-electron chi connectivity index (χ4n) is 3.79. The van der Waals surface area contributed by atoms with Gasteiger partial charge >= 0.3 is 5.97 Å². The minimum Gasteiger partial charge on any atom is -0.493 e. The van der Waals surface area contributed by atoms with Gasteiger partial charge in [-0.05, 0) is 54.6 Å². The highest BCUT2D eigenvalue weighted by Gasteiger charge is 2.33. The van der Waals surface area contributed by atoms with Crippen molar-refractivity contribution in [2.45, 2.75) is 13.5 Å². The van der Waals surface area contributed by atoms with E-state index in [1.165, 1.54) is 37.3 Å². The Hall–Kier alpha value is -4.64. The van der Waals surface area contributed by atoms with Gasteiger partial charge in [0.15, 0.2) is 16.7 Å². The predicted molar refractivity (Wildman–Crippen MR) is 148 cm³/mol. The van der Waals surface area contributed by atoms with Crippen LogP contribution in [0.4, 0.5) is 11.4 Å². The van der Waals surface area contributed by atoms with Crippen molar-refractivity contribution in [1.29, 1.82) is 0 Å². The molecule has 0 bridgehead atoms. The van der Waals surface area contributed by atoms with Crippen molar-refractivity contribution < 1.29 is 28.7 Å². The zero-order valence-electron chi connectivity index (χ0n) is 21.5. The molecule has 1 fully saturated rings. The quantitative estimate of drug-likeness (QED) is 0.147. The summed E-state index contributed by atoms with van der Waals surface area (Å²) in [6, 6.07) is 18.7. The van der Waals surface area contributed by atoms with Crippen LogP contribution in [0, 0.1) is 10.1 Å². The first-order valence-electron chi connectivity index (χ1n) is 11.9. The van der Waals surface area contributed by atoms with Crippen LogP contribution in [0.1, 0.15) is 28.4 Å². The Balaban J connectivity index is 1.67. The molecule has 1 aliphatic heterocycles. The van der Waals surface area contributed by atoms with Gasteiger partial charge in [0.1, 0.15) is 6.61 Å². The number of hydrogen-bond donors (Lipinski definition) is 0. The van der Waals surface area contributed by atoms with Crippen LogP contribution in [0.2, 0.25) is 0 Å². The Morgan fingerprint density at radius 1 is 1.08 bits per heavy atom. The number of ether oxygens (including phenoxy) is 3. The van der Waals surface area contributed by atoms with Crippen LogP contribution in [0.25, 0.3) is 6.08 Å². The van der Waals surface area contributed by atoms with E-state index in [1.807, 2.05) is 30.3 Å². The van der Waals surface area contributed by atoms with Gasteiger partial charge in [0.05, 0.1) is 46.9 Å². The lowest BCUT2D eigenvalue weighted by Gasteiger charge is -2.12. The summed E-state index contributed by atoms with van der Waals surface area (Å²) < 4.78 is 16.0. The average molecular weight is 548 g/mol. The lowest BCUT2D eigenvalue weighted by atomic mass is 10.1. The minimum atomic E-state index is -0.532. The number of carbonyl (C=O) groups is 2. The highest BCUT2D eigenvalue weighted by atomic mass is 32.2. The maximum atomic E-state index is 13.2. The van der Waals surface area contributed by atoms with Gasteiger partial charge in [-0.25, -0.2) is 9.79 Å². The number of esters is 1. The summed E-state index contributed by atoms with van der Waals surface area (Å²) in [5, 5.41) is 12.3. The van der Waals surface area contributed by atoms with Gasteiger partial charge in [0, 0.05) is 6.54 Å².